The van der Waals surface area contributed by atoms with Crippen molar-refractivity contribution in [2.45, 2.75) is 51.9 Å². The van der Waals surface area contributed by atoms with E-state index >= 15 is 0 Å². The van der Waals surface area contributed by atoms with Crippen LogP contribution in [-0.4, -0.2) is 12.8 Å². The predicted octanol–water partition coefficient (Wildman–Crippen LogP) is 3.44. The van der Waals surface area contributed by atoms with Crippen LogP contribution in [0, 0.1) is 5.92 Å². The lowest BCUT2D eigenvalue weighted by atomic mass is 9.90. The van der Waals surface area contributed by atoms with Crippen LogP contribution >= 0.6 is 0 Å². The molecule has 0 bridgehead atoms. The smallest absolute Gasteiger partial charge is 0.0385 e. The Balaban J connectivity index is 2.07. The zero-order chi connectivity index (χ0) is 8.65. The van der Waals surface area contributed by atoms with E-state index in [9.17, 15) is 0 Å². The SMILES string of the molecule is CCCC/N=C/C1CCCCC1. The molecule has 1 aliphatic carbocycles. The number of hydrogen-bond donors (Lipinski definition) is 0. The summed E-state index contributed by atoms with van der Waals surface area (Å²) in [5.74, 6) is 0.815. The molecule has 1 rings (SSSR count). The molecule has 0 heterocycles. The molecule has 0 aromatic carbocycles. The summed E-state index contributed by atoms with van der Waals surface area (Å²) in [4.78, 5) is 4.46. The second kappa shape index (κ2) is 6.22. The number of unbranched alkanes of at least 4 members (excludes halogenated alkanes) is 1. The van der Waals surface area contributed by atoms with Crippen molar-refractivity contribution in [1.82, 2.24) is 0 Å². The minimum atomic E-state index is 0.815. The Kier molecular flexibility index (Phi) is 5.05. The molecule has 0 saturated heterocycles. The van der Waals surface area contributed by atoms with Gasteiger partial charge in [0.05, 0.1) is 0 Å². The van der Waals surface area contributed by atoms with Crippen LogP contribution < -0.4 is 0 Å². The second-order valence-electron chi connectivity index (χ2n) is 3.81. The van der Waals surface area contributed by atoms with Gasteiger partial charge in [-0.1, -0.05) is 32.6 Å². The average molecular weight is 167 g/mol. The van der Waals surface area contributed by atoms with E-state index in [0.717, 1.165) is 12.5 Å². The van der Waals surface area contributed by atoms with Crippen molar-refractivity contribution in [3.8, 4) is 0 Å². The minimum Gasteiger partial charge on any atom is -0.297 e. The van der Waals surface area contributed by atoms with Crippen molar-refractivity contribution >= 4 is 6.21 Å². The van der Waals surface area contributed by atoms with Crippen LogP contribution in [0.25, 0.3) is 0 Å². The number of nitrogens with zero attached hydrogens (tertiary/aromatic N) is 1. The van der Waals surface area contributed by atoms with Crippen molar-refractivity contribution < 1.29 is 0 Å². The summed E-state index contributed by atoms with van der Waals surface area (Å²) in [6, 6.07) is 0. The molecule has 0 aliphatic heterocycles. The molecule has 70 valence electrons. The fourth-order valence-corrected chi connectivity index (χ4v) is 1.76. The van der Waals surface area contributed by atoms with Gasteiger partial charge in [-0.05, 0) is 25.2 Å². The van der Waals surface area contributed by atoms with Gasteiger partial charge in [-0.25, -0.2) is 0 Å². The third-order valence-electron chi connectivity index (χ3n) is 2.61. The van der Waals surface area contributed by atoms with Gasteiger partial charge in [0.25, 0.3) is 0 Å². The molecule has 0 aromatic heterocycles. The van der Waals surface area contributed by atoms with Crippen LogP contribution in [-0.2, 0) is 0 Å². The molecule has 0 aromatic rings. The van der Waals surface area contributed by atoms with Crippen LogP contribution in [0.3, 0.4) is 0 Å². The Morgan fingerprint density at radius 2 is 2.00 bits per heavy atom. The highest BCUT2D eigenvalue weighted by atomic mass is 14.7. The molecule has 1 heteroatoms. The topological polar surface area (TPSA) is 12.4 Å². The van der Waals surface area contributed by atoms with Crippen LogP contribution in [0.2, 0.25) is 0 Å². The van der Waals surface area contributed by atoms with E-state index in [4.69, 9.17) is 0 Å². The molecule has 12 heavy (non-hydrogen) atoms. The van der Waals surface area contributed by atoms with Gasteiger partial charge >= 0.3 is 0 Å². The quantitative estimate of drug-likeness (QED) is 0.449. The molecule has 1 fully saturated rings. The van der Waals surface area contributed by atoms with E-state index in [2.05, 4.69) is 18.1 Å². The van der Waals surface area contributed by atoms with Gasteiger partial charge < -0.3 is 0 Å². The number of hydrogen-bond acceptors (Lipinski definition) is 1. The normalized spacial score (nSPS) is 20.4. The summed E-state index contributed by atoms with van der Waals surface area (Å²) in [5, 5.41) is 0. The lowest BCUT2D eigenvalue weighted by Crippen LogP contribution is -2.07. The van der Waals surface area contributed by atoms with Crippen molar-refractivity contribution in [3.63, 3.8) is 0 Å². The molecule has 0 N–H and O–H groups in total. The molecule has 1 nitrogen and oxygen atoms in total. The summed E-state index contributed by atoms with van der Waals surface area (Å²) < 4.78 is 0. The third kappa shape index (κ3) is 3.89. The van der Waals surface area contributed by atoms with Gasteiger partial charge in [-0.15, -0.1) is 0 Å². The Bertz CT molecular complexity index is 123. The van der Waals surface area contributed by atoms with Gasteiger partial charge in [0, 0.05) is 12.8 Å². The molecule has 1 aliphatic rings. The first-order valence-corrected chi connectivity index (χ1v) is 5.43. The van der Waals surface area contributed by atoms with E-state index in [1.54, 1.807) is 0 Å². The first-order chi connectivity index (χ1) is 5.93. The first-order valence-electron chi connectivity index (χ1n) is 5.43. The Hall–Kier alpha value is -0.330. The van der Waals surface area contributed by atoms with Crippen molar-refractivity contribution in [2.75, 3.05) is 6.54 Å². The summed E-state index contributed by atoms with van der Waals surface area (Å²) in [5.41, 5.74) is 0. The standard InChI is InChI=1S/C11H21N/c1-2-3-9-12-10-11-7-5-4-6-8-11/h10-11H,2-9H2,1H3/b12-10+. The lowest BCUT2D eigenvalue weighted by molar-refractivity contribution is 0.444. The number of rotatable bonds is 4. The molecular formula is C11H21N. The minimum absolute atomic E-state index is 0.815. The van der Waals surface area contributed by atoms with E-state index in [1.807, 2.05) is 0 Å². The lowest BCUT2D eigenvalue weighted by Gasteiger charge is -2.16. The monoisotopic (exact) mass is 167 g/mol. The van der Waals surface area contributed by atoms with Gasteiger partial charge in [-0.2, -0.15) is 0 Å². The zero-order valence-corrected chi connectivity index (χ0v) is 8.26. The van der Waals surface area contributed by atoms with E-state index < -0.39 is 0 Å². The third-order valence-corrected chi connectivity index (χ3v) is 2.61. The van der Waals surface area contributed by atoms with E-state index in [0.29, 0.717) is 0 Å². The van der Waals surface area contributed by atoms with Gasteiger partial charge in [0.2, 0.25) is 0 Å². The summed E-state index contributed by atoms with van der Waals surface area (Å²) in [7, 11) is 0. The zero-order valence-electron chi connectivity index (χ0n) is 8.26. The van der Waals surface area contributed by atoms with Crippen molar-refractivity contribution in [2.24, 2.45) is 10.9 Å². The molecule has 0 atom stereocenters. The Morgan fingerprint density at radius 1 is 1.25 bits per heavy atom. The average Bonchev–Trinajstić information content (AvgIpc) is 2.14. The predicted molar refractivity (Wildman–Crippen MR) is 54.8 cm³/mol. The first kappa shape index (κ1) is 9.76. The molecule has 0 unspecified atom stereocenters. The van der Waals surface area contributed by atoms with Gasteiger partial charge in [0.1, 0.15) is 0 Å². The Labute approximate surface area is 76.3 Å². The maximum atomic E-state index is 4.46. The van der Waals surface area contributed by atoms with Crippen LogP contribution in [0.4, 0.5) is 0 Å². The van der Waals surface area contributed by atoms with E-state index in [-0.39, 0.29) is 0 Å². The van der Waals surface area contributed by atoms with Gasteiger partial charge in [0.15, 0.2) is 0 Å². The largest absolute Gasteiger partial charge is 0.297 e. The van der Waals surface area contributed by atoms with Gasteiger partial charge in [-0.3, -0.25) is 4.99 Å². The highest BCUT2D eigenvalue weighted by Crippen LogP contribution is 2.21. The van der Waals surface area contributed by atoms with Crippen molar-refractivity contribution in [1.29, 1.82) is 0 Å². The molecule has 0 radical (unpaired) electrons. The van der Waals surface area contributed by atoms with E-state index in [1.165, 1.54) is 44.9 Å². The molecule has 0 amide bonds. The molecular weight excluding hydrogens is 146 g/mol. The van der Waals surface area contributed by atoms with Crippen molar-refractivity contribution in [3.05, 3.63) is 0 Å². The summed E-state index contributed by atoms with van der Waals surface area (Å²) in [6.07, 6.45) is 11.8. The number of aliphatic imine (C=N–C) groups is 1. The molecule has 0 spiro atoms. The fraction of sp³-hybridized carbons (Fsp3) is 0.909. The summed E-state index contributed by atoms with van der Waals surface area (Å²) >= 11 is 0. The fourth-order valence-electron chi connectivity index (χ4n) is 1.76. The second-order valence-corrected chi connectivity index (χ2v) is 3.81. The highest BCUT2D eigenvalue weighted by molar-refractivity contribution is 5.60. The molecule has 1 saturated carbocycles. The highest BCUT2D eigenvalue weighted by Gasteiger charge is 2.09. The van der Waals surface area contributed by atoms with Crippen LogP contribution in [0.5, 0.6) is 0 Å². The Morgan fingerprint density at radius 3 is 2.67 bits per heavy atom. The maximum Gasteiger partial charge on any atom is 0.0385 e. The maximum absolute atomic E-state index is 4.46. The van der Waals surface area contributed by atoms with Crippen LogP contribution in [0.15, 0.2) is 4.99 Å². The van der Waals surface area contributed by atoms with Crippen LogP contribution in [0.1, 0.15) is 51.9 Å². The summed E-state index contributed by atoms with van der Waals surface area (Å²) in [6.45, 7) is 3.27.